The van der Waals surface area contributed by atoms with Crippen molar-refractivity contribution in [3.05, 3.63) is 35.9 Å². The van der Waals surface area contributed by atoms with Gasteiger partial charge in [-0.25, -0.2) is 0 Å². The monoisotopic (exact) mass is 444 g/mol. The molecular weight excluding hydrogens is 425 g/mol. The highest BCUT2D eigenvalue weighted by Crippen LogP contribution is 2.55. The maximum Gasteiger partial charge on any atom is 0.460 e. The molecule has 2 rings (SSSR count). The summed E-state index contributed by atoms with van der Waals surface area (Å²) in [4.78, 5) is 12.6. The molecule has 1 amide bonds. The summed E-state index contributed by atoms with van der Waals surface area (Å²) < 4.78 is 94.6. The Morgan fingerprint density at radius 3 is 2.00 bits per heavy atom. The van der Waals surface area contributed by atoms with Crippen LogP contribution in [0.3, 0.4) is 0 Å². The zero-order chi connectivity index (χ0) is 23.3. The van der Waals surface area contributed by atoms with Gasteiger partial charge in [0, 0.05) is 17.5 Å². The molecule has 168 valence electrons. The molecule has 0 spiro atoms. The van der Waals surface area contributed by atoms with Crippen LogP contribution in [0.15, 0.2) is 35.4 Å². The quantitative estimate of drug-likeness (QED) is 0.693. The van der Waals surface area contributed by atoms with E-state index in [0.29, 0.717) is 0 Å². The lowest BCUT2D eigenvalue weighted by Gasteiger charge is -2.41. The Morgan fingerprint density at radius 1 is 1.07 bits per heavy atom. The van der Waals surface area contributed by atoms with Crippen LogP contribution in [0.25, 0.3) is 0 Å². The molecule has 0 saturated carbocycles. The second kappa shape index (κ2) is 7.19. The molecule has 12 heteroatoms. The summed E-state index contributed by atoms with van der Waals surface area (Å²) in [5.41, 5.74) is -6.15. The summed E-state index contributed by atoms with van der Waals surface area (Å²) in [6.07, 6.45) is -10.5. The zero-order valence-corrected chi connectivity index (χ0v) is 16.0. The Morgan fingerprint density at radius 2 is 1.57 bits per heavy atom. The number of hydrogen-bond acceptors (Lipinski definition) is 4. The van der Waals surface area contributed by atoms with Gasteiger partial charge in [-0.3, -0.25) is 4.79 Å². The lowest BCUT2D eigenvalue weighted by molar-refractivity contribution is -0.401. The molecule has 0 unspecified atom stereocenters. The van der Waals surface area contributed by atoms with Crippen LogP contribution in [-0.2, 0) is 4.79 Å². The number of aliphatic hydroxyl groups excluding tert-OH is 1. The number of carbonyl (C=O) groups is 1. The molecule has 0 bridgehead atoms. The van der Waals surface area contributed by atoms with Crippen LogP contribution in [0.5, 0.6) is 0 Å². The van der Waals surface area contributed by atoms with Crippen molar-refractivity contribution < 1.29 is 45.7 Å². The van der Waals surface area contributed by atoms with Crippen molar-refractivity contribution in [2.75, 3.05) is 0 Å². The number of hydrazone groups is 1. The lowest BCUT2D eigenvalue weighted by atomic mass is 9.83. The summed E-state index contributed by atoms with van der Waals surface area (Å²) in [6.45, 7) is 4.11. The Kier molecular flexibility index (Phi) is 5.77. The lowest BCUT2D eigenvalue weighted by Crippen LogP contribution is -2.69. The molecule has 1 heterocycles. The van der Waals surface area contributed by atoms with Gasteiger partial charge in [-0.05, 0) is 5.56 Å². The molecule has 1 aliphatic heterocycles. The van der Waals surface area contributed by atoms with Gasteiger partial charge in [-0.15, -0.1) is 0 Å². The molecule has 0 aromatic heterocycles. The largest absolute Gasteiger partial charge is 0.460 e. The Labute approximate surface area is 166 Å². The number of nitrogens with zero attached hydrogens (tertiary/aromatic N) is 2. The number of aliphatic hydroxyl groups is 2. The highest BCUT2D eigenvalue weighted by Gasteiger charge is 2.82. The first-order chi connectivity index (χ1) is 13.4. The van der Waals surface area contributed by atoms with E-state index in [1.807, 2.05) is 0 Å². The molecule has 0 aliphatic carbocycles. The predicted molar refractivity (Wildman–Crippen MR) is 90.7 cm³/mol. The van der Waals surface area contributed by atoms with E-state index in [0.717, 1.165) is 0 Å². The zero-order valence-electron chi connectivity index (χ0n) is 16.0. The minimum atomic E-state index is -6.73. The van der Waals surface area contributed by atoms with Crippen LogP contribution >= 0.6 is 0 Å². The molecule has 5 nitrogen and oxygen atoms in total. The topological polar surface area (TPSA) is 73.1 Å². The minimum absolute atomic E-state index is 0.171. The van der Waals surface area contributed by atoms with Gasteiger partial charge < -0.3 is 10.2 Å². The van der Waals surface area contributed by atoms with Crippen molar-refractivity contribution in [3.8, 4) is 0 Å². The molecule has 2 atom stereocenters. The van der Waals surface area contributed by atoms with Crippen LogP contribution in [-0.4, -0.2) is 50.6 Å². The van der Waals surface area contributed by atoms with Crippen LogP contribution in [0.4, 0.5) is 30.7 Å². The van der Waals surface area contributed by atoms with Crippen molar-refractivity contribution in [2.24, 2.45) is 10.5 Å². The number of rotatable bonds is 4. The number of amides is 1. The van der Waals surface area contributed by atoms with Gasteiger partial charge in [0.2, 0.25) is 5.72 Å². The third-order valence-corrected chi connectivity index (χ3v) is 4.66. The summed E-state index contributed by atoms with van der Waals surface area (Å²) in [5, 5.41) is 23.5. The van der Waals surface area contributed by atoms with Crippen LogP contribution in [0.1, 0.15) is 38.9 Å². The maximum absolute atomic E-state index is 14.6. The maximum atomic E-state index is 14.6. The summed E-state index contributed by atoms with van der Waals surface area (Å²) in [6, 6.07) is 6.58. The van der Waals surface area contributed by atoms with E-state index in [1.165, 1.54) is 51.1 Å². The number of carbonyl (C=O) groups excluding carboxylic acids is 1. The van der Waals surface area contributed by atoms with Crippen LogP contribution in [0.2, 0.25) is 0 Å². The van der Waals surface area contributed by atoms with E-state index in [4.69, 9.17) is 0 Å². The smallest absolute Gasteiger partial charge is 0.378 e. The number of benzene rings is 1. The van der Waals surface area contributed by atoms with E-state index in [-0.39, 0.29) is 5.56 Å². The van der Waals surface area contributed by atoms with Gasteiger partial charge in [0.15, 0.2) is 6.10 Å². The molecule has 2 N–H and O–H groups in total. The molecule has 0 fully saturated rings. The molecule has 1 aliphatic rings. The van der Waals surface area contributed by atoms with Gasteiger partial charge in [0.1, 0.15) is 0 Å². The second-order valence-corrected chi connectivity index (χ2v) is 7.90. The normalized spacial score (nSPS) is 22.1. The Hall–Kier alpha value is -2.21. The fourth-order valence-electron chi connectivity index (χ4n) is 2.76. The van der Waals surface area contributed by atoms with Crippen LogP contribution in [0, 0.1) is 5.41 Å². The van der Waals surface area contributed by atoms with E-state index in [2.05, 4.69) is 5.10 Å². The van der Waals surface area contributed by atoms with Crippen LogP contribution < -0.4 is 0 Å². The standard InChI is InChI=1S/C18H19F7N2O3/c1-14(2,3)11-9-15(30,16(19,20)17(21,22)18(23,24)25)27(26-11)13(29)12(28)10-7-5-4-6-8-10/h4-8,12,28,30H,9H2,1-3H3/t12-,15+/m1/s1. The van der Waals surface area contributed by atoms with Crippen molar-refractivity contribution in [1.29, 1.82) is 0 Å². The number of hydrogen-bond donors (Lipinski definition) is 2. The first-order valence-electron chi connectivity index (χ1n) is 8.57. The summed E-state index contributed by atoms with van der Waals surface area (Å²) >= 11 is 0. The average Bonchev–Trinajstić information content (AvgIpc) is 3.00. The number of halogens is 7. The third-order valence-electron chi connectivity index (χ3n) is 4.66. The first kappa shape index (κ1) is 24.1. The molecule has 0 saturated heterocycles. The van der Waals surface area contributed by atoms with Gasteiger partial charge in [-0.1, -0.05) is 51.1 Å². The van der Waals surface area contributed by atoms with Gasteiger partial charge in [-0.2, -0.15) is 40.8 Å². The molecule has 1 aromatic rings. The first-order valence-corrected chi connectivity index (χ1v) is 8.57. The third kappa shape index (κ3) is 3.66. The van der Waals surface area contributed by atoms with E-state index in [9.17, 15) is 45.7 Å². The molecular formula is C18H19F7N2O3. The fraction of sp³-hybridized carbons (Fsp3) is 0.556. The SMILES string of the molecule is CC(C)(C)C1=NN(C(=O)[C@H](O)c2ccccc2)[C@@](O)(C(F)(F)C(F)(F)C(F)(F)F)C1. The van der Waals surface area contributed by atoms with E-state index in [1.54, 1.807) is 0 Å². The summed E-state index contributed by atoms with van der Waals surface area (Å²) in [5.74, 6) is -14.7. The molecule has 30 heavy (non-hydrogen) atoms. The number of alkyl halides is 7. The highest BCUT2D eigenvalue weighted by atomic mass is 19.4. The van der Waals surface area contributed by atoms with E-state index >= 15 is 0 Å². The van der Waals surface area contributed by atoms with Crippen molar-refractivity contribution in [3.63, 3.8) is 0 Å². The van der Waals surface area contributed by atoms with Crippen molar-refractivity contribution in [1.82, 2.24) is 5.01 Å². The fourth-order valence-corrected chi connectivity index (χ4v) is 2.76. The van der Waals surface area contributed by atoms with E-state index < -0.39 is 58.3 Å². The minimum Gasteiger partial charge on any atom is -0.378 e. The van der Waals surface area contributed by atoms with Crippen molar-refractivity contribution in [2.45, 2.75) is 57.0 Å². The Balaban J connectivity index is 2.61. The predicted octanol–water partition coefficient (Wildman–Crippen LogP) is 3.88. The second-order valence-electron chi connectivity index (χ2n) is 7.90. The van der Waals surface area contributed by atoms with Crippen molar-refractivity contribution >= 4 is 11.6 Å². The Bertz CT molecular complexity index is 834. The highest BCUT2D eigenvalue weighted by molar-refractivity contribution is 5.95. The van der Waals surface area contributed by atoms with Gasteiger partial charge in [0.05, 0.1) is 0 Å². The molecule has 1 aromatic carbocycles. The van der Waals surface area contributed by atoms with Gasteiger partial charge >= 0.3 is 18.0 Å². The summed E-state index contributed by atoms with van der Waals surface area (Å²) in [7, 11) is 0. The van der Waals surface area contributed by atoms with Gasteiger partial charge in [0.25, 0.3) is 5.91 Å². The average molecular weight is 444 g/mol. The molecule has 0 radical (unpaired) electrons.